The summed E-state index contributed by atoms with van der Waals surface area (Å²) in [5.41, 5.74) is -1.04. The van der Waals surface area contributed by atoms with Crippen LogP contribution in [0.2, 0.25) is 0 Å². The summed E-state index contributed by atoms with van der Waals surface area (Å²) in [6, 6.07) is 7.92. The van der Waals surface area contributed by atoms with Gasteiger partial charge in [0, 0.05) is 18.8 Å². The van der Waals surface area contributed by atoms with E-state index in [0.29, 0.717) is 36.9 Å². The number of halogens is 4. The monoisotopic (exact) mass is 509 g/mol. The Labute approximate surface area is 207 Å². The molecule has 1 saturated carbocycles. The van der Waals surface area contributed by atoms with Gasteiger partial charge in [0.1, 0.15) is 17.6 Å². The topological polar surface area (TPSA) is 79.5 Å². The van der Waals surface area contributed by atoms with E-state index in [-0.39, 0.29) is 12.5 Å². The average molecular weight is 510 g/mol. The fourth-order valence-corrected chi connectivity index (χ4v) is 4.32. The standard InChI is InChI=1S/C26H31F4N3O3/c1-36-20-10-8-19(9-11-20)31-13-14-32-25(35)23(15-17-5-3-2-4-6-17)33-24(34)21-16-18(26(28,29)30)7-12-22(21)27/h7-12,16-17,23,31H,2-6,13-15H2,1H3,(H,32,35)(H,33,34). The molecule has 3 rings (SSSR count). The van der Waals surface area contributed by atoms with E-state index in [4.69, 9.17) is 4.74 Å². The molecule has 0 saturated heterocycles. The van der Waals surface area contributed by atoms with Crippen molar-refractivity contribution in [2.45, 2.75) is 50.7 Å². The number of anilines is 1. The zero-order chi connectivity index (χ0) is 26.1. The van der Waals surface area contributed by atoms with Gasteiger partial charge in [-0.2, -0.15) is 13.2 Å². The van der Waals surface area contributed by atoms with Gasteiger partial charge in [0.25, 0.3) is 5.91 Å². The lowest BCUT2D eigenvalue weighted by atomic mass is 9.84. The van der Waals surface area contributed by atoms with Crippen molar-refractivity contribution in [1.29, 1.82) is 0 Å². The molecule has 10 heteroatoms. The van der Waals surface area contributed by atoms with E-state index < -0.39 is 41.0 Å². The highest BCUT2D eigenvalue weighted by Gasteiger charge is 2.33. The van der Waals surface area contributed by atoms with E-state index in [0.717, 1.165) is 37.8 Å². The summed E-state index contributed by atoms with van der Waals surface area (Å²) in [5.74, 6) is -1.68. The Morgan fingerprint density at radius 1 is 1.03 bits per heavy atom. The summed E-state index contributed by atoms with van der Waals surface area (Å²) in [4.78, 5) is 25.7. The van der Waals surface area contributed by atoms with E-state index in [1.165, 1.54) is 0 Å². The van der Waals surface area contributed by atoms with Crippen molar-refractivity contribution in [3.8, 4) is 5.75 Å². The number of alkyl halides is 3. The molecule has 3 N–H and O–H groups in total. The Morgan fingerprint density at radius 3 is 2.36 bits per heavy atom. The normalized spacial score (nSPS) is 15.1. The summed E-state index contributed by atoms with van der Waals surface area (Å²) in [6.45, 7) is 0.657. The third-order valence-electron chi connectivity index (χ3n) is 6.30. The van der Waals surface area contributed by atoms with Gasteiger partial charge in [-0.15, -0.1) is 0 Å². The number of rotatable bonds is 10. The second-order valence-electron chi connectivity index (χ2n) is 8.90. The molecule has 0 aromatic heterocycles. The molecule has 6 nitrogen and oxygen atoms in total. The van der Waals surface area contributed by atoms with E-state index in [2.05, 4.69) is 16.0 Å². The van der Waals surface area contributed by atoms with Crippen LogP contribution in [0, 0.1) is 11.7 Å². The fourth-order valence-electron chi connectivity index (χ4n) is 4.32. The van der Waals surface area contributed by atoms with Crippen LogP contribution in [0.1, 0.15) is 54.4 Å². The molecule has 2 amide bonds. The Morgan fingerprint density at radius 2 is 1.72 bits per heavy atom. The Bertz CT molecular complexity index is 1020. The van der Waals surface area contributed by atoms with E-state index in [1.807, 2.05) is 12.1 Å². The number of hydrogen-bond acceptors (Lipinski definition) is 4. The second kappa shape index (κ2) is 12.6. The highest BCUT2D eigenvalue weighted by molar-refractivity contribution is 5.98. The van der Waals surface area contributed by atoms with Crippen molar-refractivity contribution in [3.05, 3.63) is 59.4 Å². The van der Waals surface area contributed by atoms with Crippen LogP contribution in [-0.2, 0) is 11.0 Å². The summed E-state index contributed by atoms with van der Waals surface area (Å²) < 4.78 is 58.5. The van der Waals surface area contributed by atoms with Crippen LogP contribution in [-0.4, -0.2) is 38.1 Å². The van der Waals surface area contributed by atoms with Gasteiger partial charge in [0.05, 0.1) is 18.2 Å². The van der Waals surface area contributed by atoms with Crippen molar-refractivity contribution in [2.75, 3.05) is 25.5 Å². The zero-order valence-corrected chi connectivity index (χ0v) is 20.1. The first-order chi connectivity index (χ1) is 17.2. The van der Waals surface area contributed by atoms with E-state index in [9.17, 15) is 27.2 Å². The van der Waals surface area contributed by atoms with E-state index in [1.54, 1.807) is 19.2 Å². The van der Waals surface area contributed by atoms with Crippen LogP contribution in [0.5, 0.6) is 5.75 Å². The van der Waals surface area contributed by atoms with Crippen LogP contribution >= 0.6 is 0 Å². The first kappa shape index (κ1) is 27.3. The van der Waals surface area contributed by atoms with Crippen LogP contribution < -0.4 is 20.7 Å². The van der Waals surface area contributed by atoms with Crippen LogP contribution in [0.15, 0.2) is 42.5 Å². The third-order valence-corrected chi connectivity index (χ3v) is 6.30. The highest BCUT2D eigenvalue weighted by Crippen LogP contribution is 2.31. The quantitative estimate of drug-likeness (QED) is 0.306. The number of benzene rings is 2. The first-order valence-corrected chi connectivity index (χ1v) is 12.0. The lowest BCUT2D eigenvalue weighted by Gasteiger charge is -2.27. The summed E-state index contributed by atoms with van der Waals surface area (Å²) in [6.07, 6.45) is 0.546. The molecule has 0 heterocycles. The molecule has 1 unspecified atom stereocenters. The molecule has 1 fully saturated rings. The Balaban J connectivity index is 1.63. The summed E-state index contributed by atoms with van der Waals surface area (Å²) >= 11 is 0. The third kappa shape index (κ3) is 7.86. The predicted molar refractivity (Wildman–Crippen MR) is 128 cm³/mol. The number of amides is 2. The smallest absolute Gasteiger partial charge is 0.416 e. The van der Waals surface area contributed by atoms with Crippen molar-refractivity contribution in [2.24, 2.45) is 5.92 Å². The zero-order valence-electron chi connectivity index (χ0n) is 20.1. The van der Waals surface area contributed by atoms with Crippen LogP contribution in [0.3, 0.4) is 0 Å². The van der Waals surface area contributed by atoms with Gasteiger partial charge >= 0.3 is 6.18 Å². The molecule has 1 atom stereocenters. The van der Waals surface area contributed by atoms with Crippen LogP contribution in [0.25, 0.3) is 0 Å². The van der Waals surface area contributed by atoms with Crippen molar-refractivity contribution >= 4 is 17.5 Å². The van der Waals surface area contributed by atoms with Crippen molar-refractivity contribution < 1.29 is 31.9 Å². The molecular weight excluding hydrogens is 478 g/mol. The van der Waals surface area contributed by atoms with Gasteiger partial charge < -0.3 is 20.7 Å². The first-order valence-electron chi connectivity index (χ1n) is 12.0. The number of methoxy groups -OCH3 is 1. The lowest BCUT2D eigenvalue weighted by molar-refractivity contribution is -0.137. The molecule has 0 spiro atoms. The molecule has 2 aromatic rings. The summed E-state index contributed by atoms with van der Waals surface area (Å²) in [7, 11) is 1.57. The summed E-state index contributed by atoms with van der Waals surface area (Å²) in [5, 5.41) is 8.39. The second-order valence-corrected chi connectivity index (χ2v) is 8.90. The number of carbonyl (C=O) groups excluding carboxylic acids is 2. The fraction of sp³-hybridized carbons (Fsp3) is 0.462. The largest absolute Gasteiger partial charge is 0.497 e. The van der Waals surface area contributed by atoms with Gasteiger partial charge in [-0.25, -0.2) is 4.39 Å². The molecule has 0 radical (unpaired) electrons. The van der Waals surface area contributed by atoms with Crippen molar-refractivity contribution in [3.63, 3.8) is 0 Å². The lowest BCUT2D eigenvalue weighted by Crippen LogP contribution is -2.48. The number of nitrogens with one attached hydrogen (secondary N) is 3. The number of hydrogen-bond donors (Lipinski definition) is 3. The minimum atomic E-state index is -4.72. The van der Waals surface area contributed by atoms with Crippen molar-refractivity contribution in [1.82, 2.24) is 10.6 Å². The molecule has 0 bridgehead atoms. The van der Waals surface area contributed by atoms with Gasteiger partial charge in [0.2, 0.25) is 5.91 Å². The SMILES string of the molecule is COc1ccc(NCCNC(=O)C(CC2CCCCC2)NC(=O)c2cc(C(F)(F)F)ccc2F)cc1. The maximum Gasteiger partial charge on any atom is 0.416 e. The minimum Gasteiger partial charge on any atom is -0.497 e. The number of carbonyl (C=O) groups is 2. The van der Waals surface area contributed by atoms with E-state index >= 15 is 0 Å². The predicted octanol–water partition coefficient (Wildman–Crippen LogP) is 5.15. The molecule has 196 valence electrons. The molecule has 36 heavy (non-hydrogen) atoms. The average Bonchev–Trinajstić information content (AvgIpc) is 2.86. The van der Waals surface area contributed by atoms with Gasteiger partial charge in [-0.05, 0) is 54.8 Å². The maximum absolute atomic E-state index is 14.2. The molecule has 1 aliphatic rings. The Hall–Kier alpha value is -3.30. The highest BCUT2D eigenvalue weighted by atomic mass is 19.4. The van der Waals surface area contributed by atoms with Gasteiger partial charge in [0.15, 0.2) is 0 Å². The van der Waals surface area contributed by atoms with Gasteiger partial charge in [-0.3, -0.25) is 9.59 Å². The molecule has 1 aliphatic carbocycles. The minimum absolute atomic E-state index is 0.193. The molecule has 0 aliphatic heterocycles. The number of ether oxygens (including phenoxy) is 1. The van der Waals surface area contributed by atoms with Crippen LogP contribution in [0.4, 0.5) is 23.2 Å². The Kier molecular flexibility index (Phi) is 9.55. The maximum atomic E-state index is 14.2. The molecule has 2 aromatic carbocycles. The van der Waals surface area contributed by atoms with Gasteiger partial charge in [-0.1, -0.05) is 32.1 Å². The molecular formula is C26H31F4N3O3.